The molecule has 152 valence electrons. The normalized spacial score (nSPS) is 11.4. The maximum atomic E-state index is 11.1. The Labute approximate surface area is 179 Å². The van der Waals surface area contributed by atoms with Crippen molar-refractivity contribution < 1.29 is 9.66 Å². The topological polar surface area (TPSA) is 89.0 Å². The van der Waals surface area contributed by atoms with E-state index >= 15 is 0 Å². The van der Waals surface area contributed by atoms with Gasteiger partial charge in [-0.2, -0.15) is 5.26 Å². The van der Waals surface area contributed by atoms with E-state index in [9.17, 15) is 15.4 Å². The van der Waals surface area contributed by atoms with Crippen molar-refractivity contribution in [3.63, 3.8) is 0 Å². The molecule has 2 aromatic carbocycles. The average Bonchev–Trinajstić information content (AvgIpc) is 3.21. The maximum absolute atomic E-state index is 11.1. The van der Waals surface area contributed by atoms with Crippen molar-refractivity contribution in [2.75, 3.05) is 7.11 Å². The number of nitrogens with zero attached hydrogens (tertiary/aromatic N) is 3. The van der Waals surface area contributed by atoms with E-state index in [4.69, 9.17) is 4.74 Å². The van der Waals surface area contributed by atoms with E-state index in [-0.39, 0.29) is 5.69 Å². The van der Waals surface area contributed by atoms with E-state index in [1.807, 2.05) is 17.5 Å². The lowest BCUT2D eigenvalue weighted by molar-refractivity contribution is -0.384. The van der Waals surface area contributed by atoms with Gasteiger partial charge in [0, 0.05) is 28.6 Å². The molecular weight excluding hydrogens is 398 g/mol. The van der Waals surface area contributed by atoms with Crippen molar-refractivity contribution in [2.24, 2.45) is 5.92 Å². The fraction of sp³-hybridized carbons (Fsp3) is 0.217. The third-order valence-corrected chi connectivity index (χ3v) is 5.35. The summed E-state index contributed by atoms with van der Waals surface area (Å²) < 4.78 is 5.28. The molecule has 0 aliphatic heterocycles. The van der Waals surface area contributed by atoms with Gasteiger partial charge < -0.3 is 4.74 Å². The van der Waals surface area contributed by atoms with Crippen molar-refractivity contribution in [3.8, 4) is 23.1 Å². The lowest BCUT2D eigenvalue weighted by Crippen LogP contribution is -1.93. The Balaban J connectivity index is 1.92. The van der Waals surface area contributed by atoms with Gasteiger partial charge in [0.2, 0.25) is 0 Å². The molecule has 0 saturated carbocycles. The quantitative estimate of drug-likeness (QED) is 0.267. The van der Waals surface area contributed by atoms with Crippen LogP contribution < -0.4 is 4.74 Å². The molecule has 3 aromatic rings. The van der Waals surface area contributed by atoms with E-state index < -0.39 is 4.92 Å². The van der Waals surface area contributed by atoms with Gasteiger partial charge in [0.1, 0.15) is 16.8 Å². The first-order valence-corrected chi connectivity index (χ1v) is 10.3. The van der Waals surface area contributed by atoms with E-state index in [1.165, 1.54) is 42.2 Å². The molecule has 0 radical (unpaired) electrons. The molecule has 0 aliphatic rings. The zero-order chi connectivity index (χ0) is 21.7. The number of nitro benzene ring substituents is 1. The van der Waals surface area contributed by atoms with Gasteiger partial charge in [0.15, 0.2) is 0 Å². The monoisotopic (exact) mass is 419 g/mol. The van der Waals surface area contributed by atoms with Gasteiger partial charge in [-0.05, 0) is 30.0 Å². The second-order valence-corrected chi connectivity index (χ2v) is 8.04. The van der Waals surface area contributed by atoms with Crippen LogP contribution in [0.4, 0.5) is 5.69 Å². The summed E-state index contributed by atoms with van der Waals surface area (Å²) in [6, 6.07) is 14.7. The van der Waals surface area contributed by atoms with Gasteiger partial charge >= 0.3 is 0 Å². The lowest BCUT2D eigenvalue weighted by Gasteiger charge is -2.05. The predicted octanol–water partition coefficient (Wildman–Crippen LogP) is 5.99. The van der Waals surface area contributed by atoms with Crippen LogP contribution in [0.15, 0.2) is 47.8 Å². The zero-order valence-corrected chi connectivity index (χ0v) is 17.8. The van der Waals surface area contributed by atoms with Crippen LogP contribution in [0, 0.1) is 27.4 Å². The third-order valence-electron chi connectivity index (χ3n) is 4.47. The summed E-state index contributed by atoms with van der Waals surface area (Å²) in [5.41, 5.74) is 3.76. The number of aromatic nitrogens is 1. The van der Waals surface area contributed by atoms with Crippen LogP contribution in [0.3, 0.4) is 0 Å². The minimum atomic E-state index is -0.479. The summed E-state index contributed by atoms with van der Waals surface area (Å²) >= 11 is 1.36. The number of allylic oxidation sites excluding steroid dienone is 1. The molecular formula is C23H21N3O3S. The van der Waals surface area contributed by atoms with Crippen molar-refractivity contribution in [3.05, 3.63) is 74.1 Å². The van der Waals surface area contributed by atoms with Gasteiger partial charge in [-0.15, -0.1) is 11.3 Å². The summed E-state index contributed by atoms with van der Waals surface area (Å²) in [6.45, 7) is 4.37. The number of ether oxygens (including phenoxy) is 1. The second kappa shape index (κ2) is 9.33. The summed E-state index contributed by atoms with van der Waals surface area (Å²) in [5, 5.41) is 23.2. The molecule has 0 fully saturated rings. The zero-order valence-electron chi connectivity index (χ0n) is 17.0. The van der Waals surface area contributed by atoms with Crippen LogP contribution in [-0.4, -0.2) is 17.0 Å². The highest BCUT2D eigenvalue weighted by Crippen LogP contribution is 2.31. The highest BCUT2D eigenvalue weighted by molar-refractivity contribution is 7.11. The molecule has 30 heavy (non-hydrogen) atoms. The van der Waals surface area contributed by atoms with E-state index in [0.29, 0.717) is 27.8 Å². The number of methoxy groups -OCH3 is 1. The smallest absolute Gasteiger partial charge is 0.270 e. The Hall–Kier alpha value is -3.50. The molecule has 1 aromatic heterocycles. The van der Waals surface area contributed by atoms with Crippen molar-refractivity contribution in [1.82, 2.24) is 4.98 Å². The molecule has 0 aliphatic carbocycles. The maximum Gasteiger partial charge on any atom is 0.270 e. The number of hydrogen-bond acceptors (Lipinski definition) is 6. The summed E-state index contributed by atoms with van der Waals surface area (Å²) in [5.74, 6) is 1.04. The molecule has 0 N–H and O–H groups in total. The lowest BCUT2D eigenvalue weighted by atomic mass is 10.0. The number of non-ortho nitro benzene ring substituents is 1. The summed E-state index contributed by atoms with van der Waals surface area (Å²) in [7, 11) is 1.48. The van der Waals surface area contributed by atoms with Gasteiger partial charge in [-0.25, -0.2) is 4.98 Å². The predicted molar refractivity (Wildman–Crippen MR) is 119 cm³/mol. The number of rotatable bonds is 7. The molecule has 6 nitrogen and oxygen atoms in total. The van der Waals surface area contributed by atoms with E-state index in [0.717, 1.165) is 17.7 Å². The fourth-order valence-electron chi connectivity index (χ4n) is 3.06. The van der Waals surface area contributed by atoms with Crippen molar-refractivity contribution in [1.29, 1.82) is 5.26 Å². The standard InChI is InChI=1S/C23H21N3O3S/c1-15(2)10-16-4-6-17(7-5-16)21-14-30-23(25-21)19(13-24)11-18-12-20(26(27)28)8-9-22(18)29-3/h4-9,11-12,14-15H,10H2,1-3H3/b19-11+. The first kappa shape index (κ1) is 21.2. The van der Waals surface area contributed by atoms with Crippen molar-refractivity contribution in [2.45, 2.75) is 20.3 Å². The molecule has 0 spiro atoms. The van der Waals surface area contributed by atoms with Crippen LogP contribution in [0.5, 0.6) is 5.75 Å². The largest absolute Gasteiger partial charge is 0.496 e. The SMILES string of the molecule is COc1ccc([N+](=O)[O-])cc1/C=C(\C#N)c1nc(-c2ccc(CC(C)C)cc2)cs1. The summed E-state index contributed by atoms with van der Waals surface area (Å²) in [4.78, 5) is 15.2. The number of hydrogen-bond donors (Lipinski definition) is 0. The number of nitriles is 1. The first-order chi connectivity index (χ1) is 14.4. The van der Waals surface area contributed by atoms with Gasteiger partial charge in [-0.1, -0.05) is 38.1 Å². The van der Waals surface area contributed by atoms with Crippen LogP contribution in [0.25, 0.3) is 22.9 Å². The highest BCUT2D eigenvalue weighted by atomic mass is 32.1. The van der Waals surface area contributed by atoms with Gasteiger partial charge in [0.05, 0.1) is 23.3 Å². The van der Waals surface area contributed by atoms with Gasteiger partial charge in [0.25, 0.3) is 5.69 Å². The van der Waals surface area contributed by atoms with Crippen LogP contribution in [-0.2, 0) is 6.42 Å². The molecule has 0 amide bonds. The van der Waals surface area contributed by atoms with Crippen LogP contribution in [0.1, 0.15) is 30.0 Å². The van der Waals surface area contributed by atoms with Gasteiger partial charge in [-0.3, -0.25) is 10.1 Å². The average molecular weight is 420 g/mol. The molecule has 0 bridgehead atoms. The molecule has 0 unspecified atom stereocenters. The third kappa shape index (κ3) is 4.91. The number of benzene rings is 2. The molecule has 3 rings (SSSR count). The fourth-order valence-corrected chi connectivity index (χ4v) is 3.85. The molecule has 7 heteroatoms. The number of thiazole rings is 1. The minimum absolute atomic E-state index is 0.0688. The Bertz CT molecular complexity index is 1130. The highest BCUT2D eigenvalue weighted by Gasteiger charge is 2.14. The van der Waals surface area contributed by atoms with Crippen molar-refractivity contribution >= 4 is 28.7 Å². The first-order valence-electron chi connectivity index (χ1n) is 9.40. The Morgan fingerprint density at radius 2 is 2.03 bits per heavy atom. The van der Waals surface area contributed by atoms with E-state index in [2.05, 4.69) is 37.0 Å². The Morgan fingerprint density at radius 1 is 1.30 bits per heavy atom. The van der Waals surface area contributed by atoms with Crippen LogP contribution in [0.2, 0.25) is 0 Å². The molecule has 0 atom stereocenters. The molecule has 0 saturated heterocycles. The Kier molecular flexibility index (Phi) is 6.60. The van der Waals surface area contributed by atoms with E-state index in [1.54, 1.807) is 6.08 Å². The second-order valence-electron chi connectivity index (χ2n) is 7.19. The molecule has 1 heterocycles. The number of nitro groups is 1. The summed E-state index contributed by atoms with van der Waals surface area (Å²) in [6.07, 6.45) is 2.59. The van der Waals surface area contributed by atoms with Crippen LogP contribution >= 0.6 is 11.3 Å². The Morgan fingerprint density at radius 3 is 2.63 bits per heavy atom. The minimum Gasteiger partial charge on any atom is -0.496 e.